The highest BCUT2D eigenvalue weighted by Gasteiger charge is 2.06. The summed E-state index contributed by atoms with van der Waals surface area (Å²) in [6.45, 7) is 2.80. The van der Waals surface area contributed by atoms with Crippen molar-refractivity contribution in [3.8, 4) is 5.75 Å². The number of pyridine rings is 1. The maximum atomic E-state index is 12.0. The Labute approximate surface area is 135 Å². The van der Waals surface area contributed by atoms with Gasteiger partial charge in [0.1, 0.15) is 17.9 Å². The molecule has 0 aliphatic carbocycles. The lowest BCUT2D eigenvalue weighted by Gasteiger charge is -2.09. The highest BCUT2D eigenvalue weighted by atomic mass is 16.5. The summed E-state index contributed by atoms with van der Waals surface area (Å²) in [6, 6.07) is 17.2. The van der Waals surface area contributed by atoms with Crippen molar-refractivity contribution in [3.63, 3.8) is 0 Å². The first kappa shape index (κ1) is 15.0. The zero-order valence-corrected chi connectivity index (χ0v) is 13.0. The van der Waals surface area contributed by atoms with Crippen molar-refractivity contribution in [1.82, 2.24) is 10.3 Å². The molecule has 0 saturated heterocycles. The van der Waals surface area contributed by atoms with Crippen molar-refractivity contribution < 1.29 is 9.53 Å². The smallest absolute Gasteiger partial charge is 0.251 e. The van der Waals surface area contributed by atoms with Gasteiger partial charge in [-0.05, 0) is 31.2 Å². The molecule has 0 aliphatic rings. The molecule has 1 N–H and O–H groups in total. The minimum Gasteiger partial charge on any atom is -0.489 e. The number of aromatic nitrogens is 1. The fraction of sp³-hybridized carbons (Fsp3) is 0.158. The Kier molecular flexibility index (Phi) is 4.52. The monoisotopic (exact) mass is 306 g/mol. The Morgan fingerprint density at radius 2 is 1.96 bits per heavy atom. The van der Waals surface area contributed by atoms with Crippen LogP contribution in [0.5, 0.6) is 5.75 Å². The van der Waals surface area contributed by atoms with E-state index in [0.29, 0.717) is 18.7 Å². The van der Waals surface area contributed by atoms with Crippen LogP contribution >= 0.6 is 0 Å². The van der Waals surface area contributed by atoms with Crippen molar-refractivity contribution in [1.29, 1.82) is 0 Å². The first-order chi connectivity index (χ1) is 11.2. The van der Waals surface area contributed by atoms with Crippen LogP contribution in [0.2, 0.25) is 0 Å². The number of hydrogen-bond acceptors (Lipinski definition) is 3. The molecule has 116 valence electrons. The number of rotatable bonds is 5. The number of aryl methyl sites for hydroxylation is 1. The molecular formula is C19H18N2O2. The van der Waals surface area contributed by atoms with Gasteiger partial charge in [0.15, 0.2) is 0 Å². The van der Waals surface area contributed by atoms with E-state index in [1.165, 1.54) is 0 Å². The quantitative estimate of drug-likeness (QED) is 0.735. The number of ether oxygens (including phenoxy) is 1. The number of fused-ring (bicyclic) bond motifs is 1. The molecule has 1 heterocycles. The van der Waals surface area contributed by atoms with Gasteiger partial charge in [0.25, 0.3) is 5.91 Å². The standard InChI is InChI=1S/C19H18N2O2/c1-14-5-2-7-16(13-14)19(22)21-11-12-23-17-9-3-6-15-8-4-10-20-18(15)17/h2-10,13H,11-12H2,1H3,(H,21,22). The largest absolute Gasteiger partial charge is 0.489 e. The summed E-state index contributed by atoms with van der Waals surface area (Å²) in [5, 5.41) is 3.90. The molecule has 0 saturated carbocycles. The summed E-state index contributed by atoms with van der Waals surface area (Å²) in [6.07, 6.45) is 1.74. The van der Waals surface area contributed by atoms with Gasteiger partial charge in [-0.1, -0.05) is 35.9 Å². The summed E-state index contributed by atoms with van der Waals surface area (Å²) < 4.78 is 5.75. The van der Waals surface area contributed by atoms with Crippen molar-refractivity contribution in [3.05, 3.63) is 71.9 Å². The first-order valence-electron chi connectivity index (χ1n) is 7.55. The van der Waals surface area contributed by atoms with Crippen LogP contribution in [0, 0.1) is 6.92 Å². The average Bonchev–Trinajstić information content (AvgIpc) is 2.58. The van der Waals surface area contributed by atoms with Gasteiger partial charge in [-0.3, -0.25) is 9.78 Å². The summed E-state index contributed by atoms with van der Waals surface area (Å²) in [5.74, 6) is 0.640. The van der Waals surface area contributed by atoms with E-state index in [-0.39, 0.29) is 5.91 Å². The molecule has 1 amide bonds. The zero-order valence-electron chi connectivity index (χ0n) is 13.0. The zero-order chi connectivity index (χ0) is 16.1. The van der Waals surface area contributed by atoms with Gasteiger partial charge in [-0.25, -0.2) is 0 Å². The fourth-order valence-corrected chi connectivity index (χ4v) is 2.41. The number of nitrogens with zero attached hydrogens (tertiary/aromatic N) is 1. The van der Waals surface area contributed by atoms with Gasteiger partial charge in [-0.2, -0.15) is 0 Å². The molecule has 0 spiro atoms. The Balaban J connectivity index is 1.56. The normalized spacial score (nSPS) is 10.5. The molecule has 23 heavy (non-hydrogen) atoms. The average molecular weight is 306 g/mol. The van der Waals surface area contributed by atoms with E-state index >= 15 is 0 Å². The number of carbonyl (C=O) groups is 1. The first-order valence-corrected chi connectivity index (χ1v) is 7.55. The minimum atomic E-state index is -0.0895. The number of amides is 1. The lowest BCUT2D eigenvalue weighted by Crippen LogP contribution is -2.28. The van der Waals surface area contributed by atoms with E-state index in [2.05, 4.69) is 10.3 Å². The topological polar surface area (TPSA) is 51.2 Å². The van der Waals surface area contributed by atoms with Gasteiger partial charge in [0.05, 0.1) is 6.54 Å². The van der Waals surface area contributed by atoms with Gasteiger partial charge >= 0.3 is 0 Å². The minimum absolute atomic E-state index is 0.0895. The maximum absolute atomic E-state index is 12.0. The van der Waals surface area contributed by atoms with Crippen LogP contribution in [-0.2, 0) is 0 Å². The number of benzene rings is 2. The van der Waals surface area contributed by atoms with Crippen LogP contribution in [0.1, 0.15) is 15.9 Å². The summed E-state index contributed by atoms with van der Waals surface area (Å²) in [5.41, 5.74) is 2.56. The molecule has 0 bridgehead atoms. The van der Waals surface area contributed by atoms with Crippen molar-refractivity contribution in [2.45, 2.75) is 6.92 Å². The van der Waals surface area contributed by atoms with E-state index in [0.717, 1.165) is 22.2 Å². The highest BCUT2D eigenvalue weighted by molar-refractivity contribution is 5.94. The highest BCUT2D eigenvalue weighted by Crippen LogP contribution is 2.22. The van der Waals surface area contributed by atoms with E-state index in [1.807, 2.05) is 55.5 Å². The van der Waals surface area contributed by atoms with E-state index < -0.39 is 0 Å². The second-order valence-electron chi connectivity index (χ2n) is 5.31. The second kappa shape index (κ2) is 6.92. The van der Waals surface area contributed by atoms with E-state index in [1.54, 1.807) is 12.3 Å². The van der Waals surface area contributed by atoms with Crippen molar-refractivity contribution in [2.75, 3.05) is 13.2 Å². The SMILES string of the molecule is Cc1cccc(C(=O)NCCOc2cccc3cccnc23)c1. The van der Waals surface area contributed by atoms with E-state index in [9.17, 15) is 4.79 Å². The molecule has 0 unspecified atom stereocenters. The Hall–Kier alpha value is -2.88. The third kappa shape index (κ3) is 3.66. The van der Waals surface area contributed by atoms with Crippen LogP contribution in [-0.4, -0.2) is 24.0 Å². The van der Waals surface area contributed by atoms with Crippen LogP contribution in [0.3, 0.4) is 0 Å². The van der Waals surface area contributed by atoms with Crippen LogP contribution in [0.4, 0.5) is 0 Å². The number of carbonyl (C=O) groups excluding carboxylic acids is 1. The maximum Gasteiger partial charge on any atom is 0.251 e. The van der Waals surface area contributed by atoms with Crippen molar-refractivity contribution >= 4 is 16.8 Å². The number of hydrogen-bond donors (Lipinski definition) is 1. The van der Waals surface area contributed by atoms with E-state index in [4.69, 9.17) is 4.74 Å². The van der Waals surface area contributed by atoms with Gasteiger partial charge in [0, 0.05) is 17.1 Å². The molecular weight excluding hydrogens is 288 g/mol. The lowest BCUT2D eigenvalue weighted by atomic mass is 10.1. The molecule has 0 atom stereocenters. The molecule has 0 radical (unpaired) electrons. The molecule has 4 heteroatoms. The Bertz CT molecular complexity index is 825. The predicted molar refractivity (Wildman–Crippen MR) is 90.8 cm³/mol. The molecule has 2 aromatic carbocycles. The summed E-state index contributed by atoms with van der Waals surface area (Å²) in [7, 11) is 0. The Morgan fingerprint density at radius 1 is 1.13 bits per heavy atom. The van der Waals surface area contributed by atoms with Crippen LogP contribution < -0.4 is 10.1 Å². The third-order valence-corrected chi connectivity index (χ3v) is 3.52. The van der Waals surface area contributed by atoms with Crippen molar-refractivity contribution in [2.24, 2.45) is 0 Å². The number of para-hydroxylation sites is 1. The lowest BCUT2D eigenvalue weighted by molar-refractivity contribution is 0.0947. The molecule has 1 aromatic heterocycles. The molecule has 3 rings (SSSR count). The van der Waals surface area contributed by atoms with Gasteiger partial charge < -0.3 is 10.1 Å². The Morgan fingerprint density at radius 3 is 2.83 bits per heavy atom. The summed E-state index contributed by atoms with van der Waals surface area (Å²) >= 11 is 0. The van der Waals surface area contributed by atoms with Crippen LogP contribution in [0.25, 0.3) is 10.9 Å². The fourth-order valence-electron chi connectivity index (χ4n) is 2.41. The number of nitrogens with one attached hydrogen (secondary N) is 1. The van der Waals surface area contributed by atoms with Crippen LogP contribution in [0.15, 0.2) is 60.8 Å². The molecule has 3 aromatic rings. The molecule has 0 fully saturated rings. The van der Waals surface area contributed by atoms with Gasteiger partial charge in [-0.15, -0.1) is 0 Å². The summed E-state index contributed by atoms with van der Waals surface area (Å²) in [4.78, 5) is 16.4. The second-order valence-corrected chi connectivity index (χ2v) is 5.31. The predicted octanol–water partition coefficient (Wildman–Crippen LogP) is 3.35. The molecule has 0 aliphatic heterocycles. The molecule has 4 nitrogen and oxygen atoms in total. The van der Waals surface area contributed by atoms with Gasteiger partial charge in [0.2, 0.25) is 0 Å². The third-order valence-electron chi connectivity index (χ3n) is 3.52.